The molecule has 72 valence electrons. The fraction of sp³-hybridized carbons (Fsp3) is 0.667. The molecule has 4 heteroatoms. The molecule has 0 amide bonds. The van der Waals surface area contributed by atoms with Crippen LogP contribution in [0.2, 0.25) is 0 Å². The molecule has 13 heavy (non-hydrogen) atoms. The summed E-state index contributed by atoms with van der Waals surface area (Å²) in [6.45, 7) is 5.01. The predicted molar refractivity (Wildman–Crippen MR) is 51.1 cm³/mol. The molecular weight excluding hydrogens is 164 g/mol. The summed E-state index contributed by atoms with van der Waals surface area (Å²) < 4.78 is 0. The average molecular weight is 180 g/mol. The van der Waals surface area contributed by atoms with E-state index in [9.17, 15) is 0 Å². The highest BCUT2D eigenvalue weighted by Crippen LogP contribution is 2.03. The van der Waals surface area contributed by atoms with Crippen LogP contribution in [0.1, 0.15) is 25.4 Å². The van der Waals surface area contributed by atoms with Gasteiger partial charge in [0.15, 0.2) is 5.82 Å². The number of aromatic nitrogens is 3. The Balaban J connectivity index is 2.67. The Morgan fingerprint density at radius 1 is 1.46 bits per heavy atom. The third-order valence-corrected chi connectivity index (χ3v) is 1.60. The van der Waals surface area contributed by atoms with Crippen LogP contribution in [0.4, 0.5) is 0 Å². The third-order valence-electron chi connectivity index (χ3n) is 1.60. The fourth-order valence-electron chi connectivity index (χ4n) is 1.13. The van der Waals surface area contributed by atoms with Gasteiger partial charge in [-0.2, -0.15) is 5.10 Å². The van der Waals surface area contributed by atoms with E-state index in [0.717, 1.165) is 17.9 Å². The summed E-state index contributed by atoms with van der Waals surface area (Å²) in [6.07, 6.45) is 2.70. The summed E-state index contributed by atoms with van der Waals surface area (Å²) in [5, 5.41) is 10.8. The topological polar surface area (TPSA) is 50.7 Å². The first-order chi connectivity index (χ1) is 6.22. The van der Waals surface area contributed by atoms with Crippen molar-refractivity contribution < 1.29 is 0 Å². The van der Waals surface area contributed by atoms with E-state index in [1.165, 1.54) is 0 Å². The Labute approximate surface area is 78.8 Å². The van der Waals surface area contributed by atoms with Crippen LogP contribution in [-0.2, 0) is 13.0 Å². The summed E-state index contributed by atoms with van der Waals surface area (Å²) in [4.78, 5) is 4.37. The Hall–Kier alpha value is -1.03. The van der Waals surface area contributed by atoms with E-state index in [1.54, 1.807) is 6.20 Å². The smallest absolute Gasteiger partial charge is 0.164 e. The summed E-state index contributed by atoms with van der Waals surface area (Å²) in [5.74, 6) is 1.37. The molecule has 0 aliphatic carbocycles. The maximum Gasteiger partial charge on any atom is 0.164 e. The van der Waals surface area contributed by atoms with Gasteiger partial charge in [-0.05, 0) is 19.4 Å². The van der Waals surface area contributed by atoms with E-state index in [2.05, 4.69) is 34.3 Å². The number of hydrogen-bond acceptors (Lipinski definition) is 4. The van der Waals surface area contributed by atoms with Gasteiger partial charge in [0.2, 0.25) is 0 Å². The van der Waals surface area contributed by atoms with Crippen molar-refractivity contribution in [2.75, 3.05) is 7.05 Å². The Bertz CT molecular complexity index is 260. The van der Waals surface area contributed by atoms with Crippen molar-refractivity contribution in [1.82, 2.24) is 20.5 Å². The summed E-state index contributed by atoms with van der Waals surface area (Å²) in [6, 6.07) is 0. The Morgan fingerprint density at radius 3 is 2.85 bits per heavy atom. The van der Waals surface area contributed by atoms with E-state index in [0.29, 0.717) is 12.5 Å². The first-order valence-corrected chi connectivity index (χ1v) is 4.54. The second-order valence-corrected chi connectivity index (χ2v) is 3.49. The van der Waals surface area contributed by atoms with Crippen molar-refractivity contribution in [1.29, 1.82) is 0 Å². The second-order valence-electron chi connectivity index (χ2n) is 3.49. The van der Waals surface area contributed by atoms with Crippen LogP contribution in [0.3, 0.4) is 0 Å². The maximum atomic E-state index is 4.37. The monoisotopic (exact) mass is 180 g/mol. The maximum absolute atomic E-state index is 4.37. The first-order valence-electron chi connectivity index (χ1n) is 4.54. The zero-order valence-corrected chi connectivity index (χ0v) is 8.41. The lowest BCUT2D eigenvalue weighted by Gasteiger charge is -2.04. The Morgan fingerprint density at radius 2 is 2.23 bits per heavy atom. The lowest BCUT2D eigenvalue weighted by molar-refractivity contribution is 0.617. The van der Waals surface area contributed by atoms with Crippen molar-refractivity contribution >= 4 is 0 Å². The van der Waals surface area contributed by atoms with E-state index in [4.69, 9.17) is 0 Å². The lowest BCUT2D eigenvalue weighted by atomic mass is 10.1. The molecule has 0 saturated carbocycles. The SMILES string of the molecule is CNCc1nncc(CC(C)C)n1. The summed E-state index contributed by atoms with van der Waals surface area (Å²) in [5.41, 5.74) is 1.02. The van der Waals surface area contributed by atoms with E-state index in [1.807, 2.05) is 7.05 Å². The Kier molecular flexibility index (Phi) is 3.76. The molecule has 0 bridgehead atoms. The molecule has 1 aromatic heterocycles. The van der Waals surface area contributed by atoms with Gasteiger partial charge in [-0.15, -0.1) is 5.10 Å². The lowest BCUT2D eigenvalue weighted by Crippen LogP contribution is -2.11. The van der Waals surface area contributed by atoms with Crippen LogP contribution >= 0.6 is 0 Å². The number of nitrogens with zero attached hydrogens (tertiary/aromatic N) is 3. The normalized spacial score (nSPS) is 10.8. The van der Waals surface area contributed by atoms with Crippen LogP contribution in [0.25, 0.3) is 0 Å². The minimum Gasteiger partial charge on any atom is -0.313 e. The molecule has 0 unspecified atom stereocenters. The van der Waals surface area contributed by atoms with Gasteiger partial charge in [0.1, 0.15) is 0 Å². The van der Waals surface area contributed by atoms with Crippen molar-refractivity contribution in [2.24, 2.45) is 5.92 Å². The van der Waals surface area contributed by atoms with Gasteiger partial charge >= 0.3 is 0 Å². The van der Waals surface area contributed by atoms with E-state index in [-0.39, 0.29) is 0 Å². The van der Waals surface area contributed by atoms with Crippen LogP contribution in [-0.4, -0.2) is 22.2 Å². The van der Waals surface area contributed by atoms with Crippen molar-refractivity contribution in [3.05, 3.63) is 17.7 Å². The van der Waals surface area contributed by atoms with Crippen LogP contribution in [0.15, 0.2) is 6.20 Å². The second kappa shape index (κ2) is 4.87. The number of rotatable bonds is 4. The average Bonchev–Trinajstić information content (AvgIpc) is 2.04. The van der Waals surface area contributed by atoms with Gasteiger partial charge in [-0.3, -0.25) is 0 Å². The molecule has 1 rings (SSSR count). The van der Waals surface area contributed by atoms with Crippen LogP contribution < -0.4 is 5.32 Å². The summed E-state index contributed by atoms with van der Waals surface area (Å²) >= 11 is 0. The van der Waals surface area contributed by atoms with Gasteiger partial charge in [0.05, 0.1) is 18.4 Å². The standard InChI is InChI=1S/C9H16N4/c1-7(2)4-8-5-11-13-9(12-8)6-10-3/h5,7,10H,4,6H2,1-3H3. The molecule has 0 saturated heterocycles. The van der Waals surface area contributed by atoms with Gasteiger partial charge in [-0.1, -0.05) is 13.8 Å². The molecule has 0 aliphatic rings. The molecule has 0 aromatic carbocycles. The van der Waals surface area contributed by atoms with Crippen molar-refractivity contribution in [3.8, 4) is 0 Å². The quantitative estimate of drug-likeness (QED) is 0.744. The zero-order chi connectivity index (χ0) is 9.68. The molecule has 1 N–H and O–H groups in total. The molecule has 1 heterocycles. The molecule has 0 radical (unpaired) electrons. The van der Waals surface area contributed by atoms with Crippen LogP contribution in [0, 0.1) is 5.92 Å². The molecule has 4 nitrogen and oxygen atoms in total. The van der Waals surface area contributed by atoms with Gasteiger partial charge < -0.3 is 5.32 Å². The predicted octanol–water partition coefficient (Wildman–Crippen LogP) is 0.789. The van der Waals surface area contributed by atoms with Gasteiger partial charge in [0, 0.05) is 0 Å². The largest absolute Gasteiger partial charge is 0.313 e. The van der Waals surface area contributed by atoms with E-state index < -0.39 is 0 Å². The molecule has 0 spiro atoms. The fourth-order valence-corrected chi connectivity index (χ4v) is 1.13. The van der Waals surface area contributed by atoms with Gasteiger partial charge in [0.25, 0.3) is 0 Å². The molecular formula is C9H16N4. The molecule has 0 aliphatic heterocycles. The zero-order valence-electron chi connectivity index (χ0n) is 8.41. The molecule has 1 aromatic rings. The third kappa shape index (κ3) is 3.46. The van der Waals surface area contributed by atoms with Crippen molar-refractivity contribution in [3.63, 3.8) is 0 Å². The van der Waals surface area contributed by atoms with Gasteiger partial charge in [-0.25, -0.2) is 4.98 Å². The molecule has 0 fully saturated rings. The minimum atomic E-state index is 0.610. The first kappa shape index (κ1) is 10.1. The number of nitrogens with one attached hydrogen (secondary N) is 1. The van der Waals surface area contributed by atoms with E-state index >= 15 is 0 Å². The molecule has 0 atom stereocenters. The summed E-state index contributed by atoms with van der Waals surface area (Å²) in [7, 11) is 1.87. The van der Waals surface area contributed by atoms with Crippen LogP contribution in [0.5, 0.6) is 0 Å². The highest BCUT2D eigenvalue weighted by atomic mass is 15.2. The highest BCUT2D eigenvalue weighted by molar-refractivity contribution is 4.97. The highest BCUT2D eigenvalue weighted by Gasteiger charge is 2.01. The van der Waals surface area contributed by atoms with Crippen molar-refractivity contribution in [2.45, 2.75) is 26.8 Å². The minimum absolute atomic E-state index is 0.610. The number of hydrogen-bond donors (Lipinski definition) is 1.